The van der Waals surface area contributed by atoms with Gasteiger partial charge in [0.1, 0.15) is 17.3 Å². The van der Waals surface area contributed by atoms with E-state index in [2.05, 4.69) is 56.0 Å². The Bertz CT molecular complexity index is 601. The van der Waals surface area contributed by atoms with Crippen molar-refractivity contribution in [1.82, 2.24) is 56.0 Å². The summed E-state index contributed by atoms with van der Waals surface area (Å²) in [6.07, 6.45) is 13.0. The number of nitrogens with zero attached hydrogens (tertiary/aromatic N) is 10. The van der Waals surface area contributed by atoms with E-state index in [1.165, 1.54) is 24.0 Å². The first-order valence-electron chi connectivity index (χ1n) is 7.62. The number of aromatic amines is 1. The summed E-state index contributed by atoms with van der Waals surface area (Å²) in [6, 6.07) is 11.1. The van der Waals surface area contributed by atoms with Crippen molar-refractivity contribution in [1.29, 1.82) is 0 Å². The van der Waals surface area contributed by atoms with Gasteiger partial charge in [-0.15, -0.1) is 31.7 Å². The van der Waals surface area contributed by atoms with Crippen LogP contribution in [0, 0.1) is 0 Å². The number of rotatable bonds is 0. The highest BCUT2D eigenvalue weighted by Crippen LogP contribution is 1.80. The lowest BCUT2D eigenvalue weighted by Crippen LogP contribution is -1.69. The van der Waals surface area contributed by atoms with Gasteiger partial charge in [0.2, 0.25) is 0 Å². The smallest absolute Gasteiger partial charge is 0.161 e. The molecule has 11 nitrogen and oxygen atoms in total. The van der Waals surface area contributed by atoms with Crippen LogP contribution in [-0.2, 0) is 0 Å². The minimum Gasteiger partial charge on any atom is -0.265 e. The molecule has 0 aromatic carbocycles. The highest BCUT2D eigenvalue weighted by Gasteiger charge is 1.61. The summed E-state index contributed by atoms with van der Waals surface area (Å²) in [7, 11) is 0. The molecule has 0 amide bonds. The van der Waals surface area contributed by atoms with Crippen molar-refractivity contribution in [3.8, 4) is 0 Å². The van der Waals surface area contributed by atoms with Crippen molar-refractivity contribution in [2.24, 2.45) is 0 Å². The zero-order valence-electron chi connectivity index (χ0n) is 14.6. The van der Waals surface area contributed by atoms with Crippen LogP contribution in [0.4, 0.5) is 0 Å². The maximum Gasteiger partial charge on any atom is 0.161 e. The molecular formula is C16H17N11S. The van der Waals surface area contributed by atoms with Crippen LogP contribution in [0.1, 0.15) is 0 Å². The molecule has 0 fully saturated rings. The van der Waals surface area contributed by atoms with E-state index in [1.807, 2.05) is 30.3 Å². The van der Waals surface area contributed by atoms with E-state index in [4.69, 9.17) is 0 Å². The Hall–Kier alpha value is -4.06. The Morgan fingerprint density at radius 3 is 1.29 bits per heavy atom. The third-order valence-corrected chi connectivity index (χ3v) is 2.51. The molecule has 12 heteroatoms. The van der Waals surface area contributed by atoms with Gasteiger partial charge in [0.05, 0.1) is 0 Å². The standard InChI is InChI=1S/C5H5N.2C4H4N2.C2H2N2S.CH2N4/c1-2-4-6-5-3-1;1-2-5-4-6-3-1;1-2-4-6-5-3-1;1-3-4-2-5-1;1-2-4-5-3-1/h1-5H;2*1-4H;1-2H;1H,(H,2,3,4,5). The zero-order chi connectivity index (χ0) is 19.8. The second-order valence-corrected chi connectivity index (χ2v) is 4.67. The summed E-state index contributed by atoms with van der Waals surface area (Å²) in [4.78, 5) is 11.1. The van der Waals surface area contributed by atoms with E-state index in [9.17, 15) is 0 Å². The first-order chi connectivity index (χ1) is 14.0. The maximum absolute atomic E-state index is 3.78. The van der Waals surface area contributed by atoms with E-state index < -0.39 is 0 Å². The van der Waals surface area contributed by atoms with Crippen LogP contribution in [0.5, 0.6) is 0 Å². The van der Waals surface area contributed by atoms with Gasteiger partial charge in [-0.1, -0.05) is 11.3 Å². The highest BCUT2D eigenvalue weighted by molar-refractivity contribution is 7.07. The van der Waals surface area contributed by atoms with Crippen LogP contribution < -0.4 is 0 Å². The fourth-order valence-electron chi connectivity index (χ4n) is 1.08. The van der Waals surface area contributed by atoms with Crippen molar-refractivity contribution in [3.63, 3.8) is 0 Å². The Morgan fingerprint density at radius 1 is 0.500 bits per heavy atom. The molecule has 142 valence electrons. The van der Waals surface area contributed by atoms with E-state index in [1.54, 1.807) is 54.3 Å². The lowest BCUT2D eigenvalue weighted by atomic mass is 10.5. The summed E-state index contributed by atoms with van der Waals surface area (Å²) in [6.45, 7) is 0. The van der Waals surface area contributed by atoms with Crippen molar-refractivity contribution in [3.05, 3.63) is 97.3 Å². The quantitative estimate of drug-likeness (QED) is 0.411. The van der Waals surface area contributed by atoms with Crippen LogP contribution in [0.3, 0.4) is 0 Å². The molecule has 0 atom stereocenters. The molecule has 0 aliphatic carbocycles. The number of aromatic nitrogens is 11. The molecule has 0 bridgehead atoms. The predicted octanol–water partition coefficient (Wildman–Crippen LogP) is 1.77. The van der Waals surface area contributed by atoms with Gasteiger partial charge >= 0.3 is 0 Å². The lowest BCUT2D eigenvalue weighted by molar-refractivity contribution is 0.881. The van der Waals surface area contributed by atoms with Gasteiger partial charge in [-0.2, -0.15) is 15.4 Å². The predicted molar refractivity (Wildman–Crippen MR) is 102 cm³/mol. The number of nitrogens with one attached hydrogen (secondary N) is 1. The summed E-state index contributed by atoms with van der Waals surface area (Å²) in [5.74, 6) is 0. The second kappa shape index (κ2) is 19.3. The van der Waals surface area contributed by atoms with Gasteiger partial charge in [0.15, 0.2) is 6.33 Å². The molecule has 0 spiro atoms. The number of H-pyrrole nitrogens is 1. The fraction of sp³-hybridized carbons (Fsp3) is 0. The topological polar surface area (TPSA) is 145 Å². The first kappa shape index (κ1) is 22.0. The summed E-state index contributed by atoms with van der Waals surface area (Å²) in [5, 5.41) is 26.2. The second-order valence-electron chi connectivity index (χ2n) is 3.98. The molecule has 0 saturated heterocycles. The Morgan fingerprint density at radius 2 is 1.11 bits per heavy atom. The Kier molecular flexibility index (Phi) is 15.1. The molecule has 0 saturated carbocycles. The Balaban J connectivity index is 0.000000175. The monoisotopic (exact) mass is 395 g/mol. The number of tetrazole rings is 1. The number of hydrogen-bond donors (Lipinski definition) is 1. The minimum absolute atomic E-state index is 1.33. The van der Waals surface area contributed by atoms with Crippen molar-refractivity contribution >= 4 is 11.3 Å². The van der Waals surface area contributed by atoms with Crippen molar-refractivity contribution in [2.75, 3.05) is 0 Å². The molecule has 5 aromatic heterocycles. The molecule has 5 aromatic rings. The summed E-state index contributed by atoms with van der Waals surface area (Å²) >= 11 is 1.49. The first-order valence-corrected chi connectivity index (χ1v) is 8.56. The van der Waals surface area contributed by atoms with Crippen LogP contribution in [-0.4, -0.2) is 56.0 Å². The van der Waals surface area contributed by atoms with Gasteiger partial charge in [0, 0.05) is 37.2 Å². The van der Waals surface area contributed by atoms with Crippen LogP contribution in [0.15, 0.2) is 97.3 Å². The molecular weight excluding hydrogens is 378 g/mol. The molecule has 0 unspecified atom stereocenters. The average Bonchev–Trinajstić information content (AvgIpc) is 3.58. The van der Waals surface area contributed by atoms with Crippen molar-refractivity contribution < 1.29 is 0 Å². The zero-order valence-corrected chi connectivity index (χ0v) is 15.4. The molecule has 1 N–H and O–H groups in total. The molecule has 5 rings (SSSR count). The molecule has 0 aliphatic rings. The number of pyridine rings is 1. The largest absolute Gasteiger partial charge is 0.265 e. The highest BCUT2D eigenvalue weighted by atomic mass is 32.1. The fourth-order valence-corrected chi connectivity index (χ4v) is 1.36. The maximum atomic E-state index is 3.78. The summed E-state index contributed by atoms with van der Waals surface area (Å²) in [5.41, 5.74) is 3.36. The average molecular weight is 395 g/mol. The summed E-state index contributed by atoms with van der Waals surface area (Å²) < 4.78 is 0. The van der Waals surface area contributed by atoms with Gasteiger partial charge < -0.3 is 0 Å². The van der Waals surface area contributed by atoms with E-state index in [0.717, 1.165) is 0 Å². The lowest BCUT2D eigenvalue weighted by Gasteiger charge is -1.70. The number of hydrogen-bond acceptors (Lipinski definition) is 11. The molecule has 5 heterocycles. The minimum atomic E-state index is 1.33. The van der Waals surface area contributed by atoms with E-state index in [-0.39, 0.29) is 0 Å². The van der Waals surface area contributed by atoms with Crippen molar-refractivity contribution in [2.45, 2.75) is 0 Å². The van der Waals surface area contributed by atoms with Gasteiger partial charge in [-0.05, 0) is 30.3 Å². The van der Waals surface area contributed by atoms with Crippen LogP contribution >= 0.6 is 11.3 Å². The third-order valence-electron chi connectivity index (χ3n) is 2.08. The molecule has 0 radical (unpaired) electrons. The normalized spacial score (nSPS) is 8.00. The van der Waals surface area contributed by atoms with E-state index >= 15 is 0 Å². The molecule has 28 heavy (non-hydrogen) atoms. The molecule has 0 aliphatic heterocycles. The Labute approximate surface area is 165 Å². The third kappa shape index (κ3) is 16.8. The van der Waals surface area contributed by atoms with E-state index in [0.29, 0.717) is 0 Å². The van der Waals surface area contributed by atoms with Gasteiger partial charge in [-0.25, -0.2) is 9.97 Å². The SMILES string of the molecule is c1ccncc1.c1ccnnc1.c1cncnc1.c1nn[nH]n1.c1nncs1. The van der Waals surface area contributed by atoms with Gasteiger partial charge in [-0.3, -0.25) is 4.98 Å². The van der Waals surface area contributed by atoms with Crippen LogP contribution in [0.25, 0.3) is 0 Å². The van der Waals surface area contributed by atoms with Crippen LogP contribution in [0.2, 0.25) is 0 Å². The van der Waals surface area contributed by atoms with Gasteiger partial charge in [0.25, 0.3) is 0 Å².